The van der Waals surface area contributed by atoms with Gasteiger partial charge in [0.2, 0.25) is 0 Å². The quantitative estimate of drug-likeness (QED) is 0.945. The van der Waals surface area contributed by atoms with Crippen molar-refractivity contribution in [3.63, 3.8) is 0 Å². The third-order valence-electron chi connectivity index (χ3n) is 4.16. The van der Waals surface area contributed by atoms with E-state index in [9.17, 15) is 4.79 Å². The summed E-state index contributed by atoms with van der Waals surface area (Å²) in [4.78, 5) is 25.0. The van der Waals surface area contributed by atoms with Crippen LogP contribution in [0, 0.1) is 0 Å². The monoisotopic (exact) mass is 311 g/mol. The summed E-state index contributed by atoms with van der Waals surface area (Å²) >= 11 is 0. The number of anilines is 1. The Labute approximate surface area is 136 Å². The van der Waals surface area contributed by atoms with E-state index in [1.807, 2.05) is 41.4 Å². The number of pyridine rings is 2. The van der Waals surface area contributed by atoms with E-state index in [4.69, 9.17) is 0 Å². The molecule has 3 rings (SSSR count). The molecule has 1 aliphatic heterocycles. The number of hydrogen-bond donors (Lipinski definition) is 1. The topological polar surface area (TPSA) is 61.4 Å². The minimum atomic E-state index is -0.0890. The summed E-state index contributed by atoms with van der Waals surface area (Å²) in [5.41, 5.74) is 1.07. The Hall–Kier alpha value is -2.47. The molecule has 6 nitrogen and oxygen atoms in total. The third kappa shape index (κ3) is 3.84. The Morgan fingerprint density at radius 2 is 1.74 bits per heavy atom. The van der Waals surface area contributed by atoms with Crippen molar-refractivity contribution in [2.45, 2.75) is 13.0 Å². The van der Waals surface area contributed by atoms with Gasteiger partial charge in [-0.05, 0) is 31.2 Å². The van der Waals surface area contributed by atoms with Gasteiger partial charge in [0.05, 0.1) is 5.69 Å². The Morgan fingerprint density at radius 1 is 1.04 bits per heavy atom. The van der Waals surface area contributed by atoms with E-state index in [2.05, 4.69) is 27.1 Å². The summed E-state index contributed by atoms with van der Waals surface area (Å²) in [6, 6.07) is 11.6. The molecule has 3 heterocycles. The Bertz CT molecular complexity index is 626. The maximum absolute atomic E-state index is 12.3. The molecule has 1 unspecified atom stereocenters. The molecule has 0 aliphatic carbocycles. The zero-order valence-corrected chi connectivity index (χ0v) is 13.2. The number of urea groups is 1. The minimum absolute atomic E-state index is 0.0890. The molecule has 2 aromatic rings. The van der Waals surface area contributed by atoms with Crippen LogP contribution in [0.3, 0.4) is 0 Å². The van der Waals surface area contributed by atoms with Gasteiger partial charge in [0.1, 0.15) is 5.82 Å². The highest BCUT2D eigenvalue weighted by atomic mass is 16.2. The largest absolute Gasteiger partial charge is 0.323 e. The molecule has 1 N–H and O–H groups in total. The lowest BCUT2D eigenvalue weighted by molar-refractivity contribution is 0.118. The highest BCUT2D eigenvalue weighted by Gasteiger charge is 2.25. The van der Waals surface area contributed by atoms with Gasteiger partial charge >= 0.3 is 6.03 Å². The molecule has 120 valence electrons. The van der Waals surface area contributed by atoms with Crippen LogP contribution in [0.5, 0.6) is 0 Å². The number of carbonyl (C=O) groups is 1. The zero-order chi connectivity index (χ0) is 16.1. The molecular weight excluding hydrogens is 290 g/mol. The Morgan fingerprint density at radius 3 is 2.35 bits per heavy atom. The molecule has 0 saturated carbocycles. The van der Waals surface area contributed by atoms with E-state index in [-0.39, 0.29) is 12.1 Å². The summed E-state index contributed by atoms with van der Waals surface area (Å²) in [5, 5.41) is 2.83. The van der Waals surface area contributed by atoms with Crippen molar-refractivity contribution in [3.8, 4) is 0 Å². The van der Waals surface area contributed by atoms with Crippen LogP contribution in [0.1, 0.15) is 18.7 Å². The maximum atomic E-state index is 12.3. The zero-order valence-electron chi connectivity index (χ0n) is 13.2. The van der Waals surface area contributed by atoms with E-state index >= 15 is 0 Å². The molecule has 2 amide bonds. The third-order valence-corrected chi connectivity index (χ3v) is 4.16. The van der Waals surface area contributed by atoms with Crippen molar-refractivity contribution in [1.29, 1.82) is 0 Å². The van der Waals surface area contributed by atoms with Crippen LogP contribution in [-0.2, 0) is 0 Å². The van der Waals surface area contributed by atoms with Crippen LogP contribution in [0.15, 0.2) is 48.8 Å². The van der Waals surface area contributed by atoms with Crippen LogP contribution in [-0.4, -0.2) is 52.0 Å². The number of nitrogens with one attached hydrogen (secondary N) is 1. The van der Waals surface area contributed by atoms with E-state index < -0.39 is 0 Å². The number of amides is 2. The first kappa shape index (κ1) is 15.4. The fraction of sp³-hybridized carbons (Fsp3) is 0.353. The van der Waals surface area contributed by atoms with Crippen LogP contribution >= 0.6 is 0 Å². The smallest absolute Gasteiger partial charge is 0.322 e. The van der Waals surface area contributed by atoms with Gasteiger partial charge in [-0.25, -0.2) is 9.78 Å². The van der Waals surface area contributed by atoms with Crippen molar-refractivity contribution < 1.29 is 4.79 Å². The van der Waals surface area contributed by atoms with E-state index in [1.165, 1.54) is 0 Å². The predicted molar refractivity (Wildman–Crippen MR) is 89.1 cm³/mol. The number of nitrogens with zero attached hydrogens (tertiary/aromatic N) is 4. The van der Waals surface area contributed by atoms with Crippen molar-refractivity contribution in [3.05, 3.63) is 54.5 Å². The van der Waals surface area contributed by atoms with Crippen molar-refractivity contribution in [1.82, 2.24) is 19.8 Å². The minimum Gasteiger partial charge on any atom is -0.322 e. The molecule has 1 saturated heterocycles. The van der Waals surface area contributed by atoms with Gasteiger partial charge in [-0.1, -0.05) is 12.1 Å². The Kier molecular flexibility index (Phi) is 4.83. The average molecular weight is 311 g/mol. The summed E-state index contributed by atoms with van der Waals surface area (Å²) in [6.07, 6.45) is 3.49. The standard InChI is InChI=1S/C17H21N5O/c1-14(15-6-2-4-8-18-15)21-10-12-22(13-11-21)17(23)20-16-7-3-5-9-19-16/h2-9,14H,10-13H2,1H3,(H,19,20,23). The molecule has 0 bridgehead atoms. The SMILES string of the molecule is CC(c1ccccn1)N1CCN(C(=O)Nc2ccccn2)CC1. The first-order chi connectivity index (χ1) is 11.2. The van der Waals surface area contributed by atoms with Gasteiger partial charge in [-0.3, -0.25) is 15.2 Å². The highest BCUT2D eigenvalue weighted by Crippen LogP contribution is 2.19. The molecule has 1 atom stereocenters. The van der Waals surface area contributed by atoms with Crippen molar-refractivity contribution in [2.75, 3.05) is 31.5 Å². The van der Waals surface area contributed by atoms with Crippen LogP contribution < -0.4 is 5.32 Å². The molecule has 0 radical (unpaired) electrons. The summed E-state index contributed by atoms with van der Waals surface area (Å²) in [7, 11) is 0. The maximum Gasteiger partial charge on any atom is 0.323 e. The average Bonchev–Trinajstić information content (AvgIpc) is 2.63. The first-order valence-corrected chi connectivity index (χ1v) is 7.86. The molecular formula is C17H21N5O. The summed E-state index contributed by atoms with van der Waals surface area (Å²) in [5.74, 6) is 0.585. The van der Waals surface area contributed by atoms with Gasteiger partial charge < -0.3 is 4.90 Å². The van der Waals surface area contributed by atoms with Gasteiger partial charge in [-0.15, -0.1) is 0 Å². The lowest BCUT2D eigenvalue weighted by atomic mass is 10.1. The van der Waals surface area contributed by atoms with E-state index in [0.29, 0.717) is 18.9 Å². The highest BCUT2D eigenvalue weighted by molar-refractivity contribution is 5.88. The van der Waals surface area contributed by atoms with Gasteiger partial charge in [-0.2, -0.15) is 0 Å². The normalized spacial score (nSPS) is 16.8. The molecule has 23 heavy (non-hydrogen) atoms. The number of aromatic nitrogens is 2. The lowest BCUT2D eigenvalue weighted by Crippen LogP contribution is -2.50. The number of piperazine rings is 1. The second-order valence-electron chi connectivity index (χ2n) is 5.60. The molecule has 0 aromatic carbocycles. The summed E-state index contributed by atoms with van der Waals surface area (Å²) in [6.45, 7) is 5.25. The van der Waals surface area contributed by atoms with Crippen LogP contribution in [0.2, 0.25) is 0 Å². The van der Waals surface area contributed by atoms with Crippen LogP contribution in [0.4, 0.5) is 10.6 Å². The molecule has 0 spiro atoms. The van der Waals surface area contributed by atoms with Crippen LogP contribution in [0.25, 0.3) is 0 Å². The Balaban J connectivity index is 1.53. The summed E-state index contributed by atoms with van der Waals surface area (Å²) < 4.78 is 0. The van der Waals surface area contributed by atoms with E-state index in [0.717, 1.165) is 18.8 Å². The van der Waals surface area contributed by atoms with Crippen molar-refractivity contribution >= 4 is 11.8 Å². The molecule has 6 heteroatoms. The lowest BCUT2D eigenvalue weighted by Gasteiger charge is -2.37. The van der Waals surface area contributed by atoms with Gasteiger partial charge in [0, 0.05) is 44.6 Å². The molecule has 1 aliphatic rings. The molecule has 1 fully saturated rings. The first-order valence-electron chi connectivity index (χ1n) is 7.86. The number of carbonyl (C=O) groups excluding carboxylic acids is 1. The molecule has 2 aromatic heterocycles. The number of rotatable bonds is 3. The van der Waals surface area contributed by atoms with Gasteiger partial charge in [0.15, 0.2) is 0 Å². The van der Waals surface area contributed by atoms with Crippen molar-refractivity contribution in [2.24, 2.45) is 0 Å². The van der Waals surface area contributed by atoms with E-state index in [1.54, 1.807) is 12.3 Å². The fourth-order valence-electron chi connectivity index (χ4n) is 2.75. The second kappa shape index (κ2) is 7.19. The predicted octanol–water partition coefficient (Wildman–Crippen LogP) is 2.39. The van der Waals surface area contributed by atoms with Gasteiger partial charge in [0.25, 0.3) is 0 Å². The number of hydrogen-bond acceptors (Lipinski definition) is 4. The fourth-order valence-corrected chi connectivity index (χ4v) is 2.75. The second-order valence-corrected chi connectivity index (χ2v) is 5.60.